The minimum Gasteiger partial charge on any atom is -0.298 e. The van der Waals surface area contributed by atoms with Crippen molar-refractivity contribution in [1.82, 2.24) is 5.32 Å². The van der Waals surface area contributed by atoms with Crippen molar-refractivity contribution < 1.29 is 13.2 Å². The molecule has 1 atom stereocenters. The van der Waals surface area contributed by atoms with Crippen molar-refractivity contribution in [3.8, 4) is 6.07 Å². The van der Waals surface area contributed by atoms with Gasteiger partial charge in [-0.2, -0.15) is 18.4 Å². The van der Waals surface area contributed by atoms with Crippen molar-refractivity contribution in [2.24, 2.45) is 5.11 Å². The Hall–Kier alpha value is -1.88. The van der Waals surface area contributed by atoms with Crippen molar-refractivity contribution in [2.75, 3.05) is 13.1 Å². The Morgan fingerprint density at radius 3 is 2.57 bits per heavy atom. The molecule has 0 saturated heterocycles. The van der Waals surface area contributed by atoms with Crippen LogP contribution in [0.5, 0.6) is 0 Å². The zero-order valence-electron chi connectivity index (χ0n) is 10.8. The van der Waals surface area contributed by atoms with E-state index >= 15 is 0 Å². The maximum absolute atomic E-state index is 12.2. The topological polar surface area (TPSA) is 84.6 Å². The molecule has 5 nitrogen and oxygen atoms in total. The predicted molar refractivity (Wildman–Crippen MR) is 73.3 cm³/mol. The molecule has 0 saturated carbocycles. The molecule has 1 aromatic rings. The quantitative estimate of drug-likeness (QED) is 0.270. The summed E-state index contributed by atoms with van der Waals surface area (Å²) in [5.41, 5.74) is 4.38. The zero-order chi connectivity index (χ0) is 15.7. The van der Waals surface area contributed by atoms with E-state index in [4.69, 9.17) is 10.8 Å². The lowest BCUT2D eigenvalue weighted by Gasteiger charge is -2.12. The number of azide groups is 1. The first-order chi connectivity index (χ1) is 9.96. The lowest BCUT2D eigenvalue weighted by atomic mass is 10.1. The van der Waals surface area contributed by atoms with Crippen LogP contribution in [-0.4, -0.2) is 18.6 Å². The predicted octanol–water partition coefficient (Wildman–Crippen LogP) is 4.15. The smallest absolute Gasteiger partial charge is 0.298 e. The van der Waals surface area contributed by atoms with E-state index in [0.717, 1.165) is 0 Å². The van der Waals surface area contributed by atoms with Gasteiger partial charge < -0.3 is 0 Å². The molecule has 0 radical (unpaired) electrons. The summed E-state index contributed by atoms with van der Waals surface area (Å²) in [6, 6.07) is 7.07. The second-order valence-electron chi connectivity index (χ2n) is 3.94. The van der Waals surface area contributed by atoms with Gasteiger partial charge in [-0.05, 0) is 48.0 Å². The monoisotopic (exact) mass is 315 g/mol. The fourth-order valence-electron chi connectivity index (χ4n) is 1.54. The van der Waals surface area contributed by atoms with Gasteiger partial charge in [0.25, 0.3) is 0 Å². The average molecular weight is 315 g/mol. The van der Waals surface area contributed by atoms with Gasteiger partial charge in [0.2, 0.25) is 0 Å². The molecule has 1 rings (SSSR count). The normalized spacial score (nSPS) is 12.3. The van der Waals surface area contributed by atoms with Crippen LogP contribution in [0.3, 0.4) is 0 Å². The second-order valence-corrected chi connectivity index (χ2v) is 5.08. The number of rotatable bonds is 7. The van der Waals surface area contributed by atoms with Crippen molar-refractivity contribution >= 4 is 11.8 Å². The van der Waals surface area contributed by atoms with Gasteiger partial charge in [0.1, 0.15) is 6.04 Å². The zero-order valence-corrected chi connectivity index (χ0v) is 11.7. The van der Waals surface area contributed by atoms with E-state index in [2.05, 4.69) is 15.3 Å². The van der Waals surface area contributed by atoms with Crippen LogP contribution >= 0.6 is 11.8 Å². The molecule has 112 valence electrons. The molecular weight excluding hydrogens is 303 g/mol. The number of nitrogens with one attached hydrogen (secondary N) is 1. The van der Waals surface area contributed by atoms with Gasteiger partial charge in [0.15, 0.2) is 0 Å². The van der Waals surface area contributed by atoms with Crippen LogP contribution in [0, 0.1) is 11.3 Å². The molecule has 0 aliphatic heterocycles. The van der Waals surface area contributed by atoms with Gasteiger partial charge >= 0.3 is 5.51 Å². The summed E-state index contributed by atoms with van der Waals surface area (Å²) in [5.74, 6) is 0. The van der Waals surface area contributed by atoms with Gasteiger partial charge in [-0.25, -0.2) is 0 Å². The maximum atomic E-state index is 12.2. The summed E-state index contributed by atoms with van der Waals surface area (Å²) in [7, 11) is 0. The van der Waals surface area contributed by atoms with Gasteiger partial charge in [-0.3, -0.25) is 5.32 Å². The Labute approximate surface area is 123 Å². The van der Waals surface area contributed by atoms with E-state index in [1.54, 1.807) is 0 Å². The Morgan fingerprint density at radius 2 is 2.05 bits per heavy atom. The summed E-state index contributed by atoms with van der Waals surface area (Å²) >= 11 is -0.194. The number of halogens is 3. The van der Waals surface area contributed by atoms with Gasteiger partial charge in [0.05, 0.1) is 6.07 Å². The first-order valence-corrected chi connectivity index (χ1v) is 6.77. The van der Waals surface area contributed by atoms with Crippen LogP contribution in [0.25, 0.3) is 10.4 Å². The fraction of sp³-hybridized carbons (Fsp3) is 0.417. The SMILES string of the molecule is N#CC(NCCCN=[N+]=[N-])c1ccc(SC(F)(F)F)cc1. The third-order valence-corrected chi connectivity index (χ3v) is 3.16. The van der Waals surface area contributed by atoms with E-state index < -0.39 is 11.6 Å². The number of nitrogens with zero attached hydrogens (tertiary/aromatic N) is 4. The van der Waals surface area contributed by atoms with Crippen LogP contribution in [0.15, 0.2) is 34.3 Å². The molecule has 0 aromatic heterocycles. The number of hydrogen-bond donors (Lipinski definition) is 1. The van der Waals surface area contributed by atoms with Crippen LogP contribution in [0.2, 0.25) is 0 Å². The van der Waals surface area contributed by atoms with Crippen LogP contribution in [0.4, 0.5) is 13.2 Å². The Morgan fingerprint density at radius 1 is 1.38 bits per heavy atom. The minimum absolute atomic E-state index is 0.0753. The number of benzene rings is 1. The number of thioether (sulfide) groups is 1. The van der Waals surface area contributed by atoms with Crippen molar-refractivity contribution in [3.05, 3.63) is 40.3 Å². The van der Waals surface area contributed by atoms with Gasteiger partial charge in [0, 0.05) is 16.4 Å². The summed E-state index contributed by atoms with van der Waals surface area (Å²) in [6.45, 7) is 0.791. The number of nitriles is 1. The molecular formula is C12H12F3N5S. The second kappa shape index (κ2) is 8.42. The third-order valence-electron chi connectivity index (χ3n) is 2.42. The molecule has 0 aliphatic rings. The molecule has 1 aromatic carbocycles. The van der Waals surface area contributed by atoms with Crippen molar-refractivity contribution in [2.45, 2.75) is 22.9 Å². The van der Waals surface area contributed by atoms with E-state index in [1.807, 2.05) is 6.07 Å². The molecule has 1 N–H and O–H groups in total. The van der Waals surface area contributed by atoms with Crippen LogP contribution in [-0.2, 0) is 0 Å². The molecule has 21 heavy (non-hydrogen) atoms. The molecule has 0 spiro atoms. The van der Waals surface area contributed by atoms with E-state index in [1.165, 1.54) is 24.3 Å². The number of hydrogen-bond acceptors (Lipinski definition) is 4. The molecule has 0 bridgehead atoms. The van der Waals surface area contributed by atoms with Crippen molar-refractivity contribution in [1.29, 1.82) is 5.26 Å². The first-order valence-electron chi connectivity index (χ1n) is 5.96. The van der Waals surface area contributed by atoms with Gasteiger partial charge in [-0.15, -0.1) is 0 Å². The van der Waals surface area contributed by atoms with Crippen LogP contribution in [0.1, 0.15) is 18.0 Å². The van der Waals surface area contributed by atoms with Crippen molar-refractivity contribution in [3.63, 3.8) is 0 Å². The highest BCUT2D eigenvalue weighted by atomic mass is 32.2. The Balaban J connectivity index is 2.57. The summed E-state index contributed by atoms with van der Waals surface area (Å²) in [6.07, 6.45) is 0.574. The first kappa shape index (κ1) is 17.2. The lowest BCUT2D eigenvalue weighted by Crippen LogP contribution is -2.21. The molecule has 0 fully saturated rings. The summed E-state index contributed by atoms with van der Waals surface area (Å²) in [4.78, 5) is 2.68. The standard InChI is InChI=1S/C12H12F3N5S/c13-12(14,15)21-10-4-2-9(3-5-10)11(8-16)18-6-1-7-19-20-17/h2-5,11,18H,1,6-7H2. The average Bonchev–Trinajstić information content (AvgIpc) is 2.42. The molecule has 9 heteroatoms. The maximum Gasteiger partial charge on any atom is 0.446 e. The highest BCUT2D eigenvalue weighted by molar-refractivity contribution is 8.00. The number of alkyl halides is 3. The van der Waals surface area contributed by atoms with Crippen LogP contribution < -0.4 is 5.32 Å². The molecule has 0 heterocycles. The van der Waals surface area contributed by atoms with E-state index in [9.17, 15) is 13.2 Å². The van der Waals surface area contributed by atoms with E-state index in [-0.39, 0.29) is 16.7 Å². The Bertz CT molecular complexity index is 531. The summed E-state index contributed by atoms with van der Waals surface area (Å²) < 4.78 is 36.6. The highest BCUT2D eigenvalue weighted by Gasteiger charge is 2.29. The summed E-state index contributed by atoms with van der Waals surface area (Å²) in [5, 5.41) is 15.4. The minimum atomic E-state index is -4.32. The Kier molecular flexibility index (Phi) is 6.88. The van der Waals surface area contributed by atoms with E-state index in [0.29, 0.717) is 25.1 Å². The molecule has 0 amide bonds. The molecule has 0 aliphatic carbocycles. The fourth-order valence-corrected chi connectivity index (χ4v) is 2.08. The lowest BCUT2D eigenvalue weighted by molar-refractivity contribution is -0.0328. The third kappa shape index (κ3) is 6.90. The largest absolute Gasteiger partial charge is 0.446 e. The van der Waals surface area contributed by atoms with Gasteiger partial charge in [-0.1, -0.05) is 17.2 Å². The highest BCUT2D eigenvalue weighted by Crippen LogP contribution is 2.36. The molecule has 1 unspecified atom stereocenters.